The highest BCUT2D eigenvalue weighted by Crippen LogP contribution is 2.34. The van der Waals surface area contributed by atoms with Crippen LogP contribution in [0.25, 0.3) is 23.4 Å². The Kier molecular flexibility index (Phi) is 5.89. The van der Waals surface area contributed by atoms with E-state index in [0.29, 0.717) is 12.2 Å². The predicted octanol–water partition coefficient (Wildman–Crippen LogP) is 4.61. The van der Waals surface area contributed by atoms with Gasteiger partial charge in [0.1, 0.15) is 5.82 Å². The molecule has 1 saturated heterocycles. The van der Waals surface area contributed by atoms with Gasteiger partial charge in [-0.25, -0.2) is 9.78 Å². The summed E-state index contributed by atoms with van der Waals surface area (Å²) in [6.07, 6.45) is 6.95. The molecule has 3 aromatic rings. The normalized spacial score (nSPS) is 13.4. The van der Waals surface area contributed by atoms with E-state index in [9.17, 15) is 4.79 Å². The van der Waals surface area contributed by atoms with Gasteiger partial charge in [-0.1, -0.05) is 31.4 Å². The Bertz CT molecular complexity index is 1120. The van der Waals surface area contributed by atoms with Crippen LogP contribution in [0, 0.1) is 0 Å². The molecule has 0 saturated carbocycles. The number of anilines is 1. The van der Waals surface area contributed by atoms with Gasteiger partial charge in [-0.2, -0.15) is 0 Å². The summed E-state index contributed by atoms with van der Waals surface area (Å²) < 4.78 is 5.06. The molecule has 0 spiro atoms. The number of carbonyl (C=O) groups excluding carboxylic acids is 1. The Morgan fingerprint density at radius 3 is 2.52 bits per heavy atom. The van der Waals surface area contributed by atoms with Crippen LogP contribution in [-0.4, -0.2) is 40.6 Å². The van der Waals surface area contributed by atoms with Crippen molar-refractivity contribution >= 4 is 23.9 Å². The molecular formula is C25H24N4O2. The van der Waals surface area contributed by atoms with Crippen LogP contribution in [0.4, 0.5) is 5.82 Å². The zero-order chi connectivity index (χ0) is 21.8. The van der Waals surface area contributed by atoms with Crippen molar-refractivity contribution in [3.63, 3.8) is 0 Å². The number of carbonyl (C=O) groups is 1. The first-order chi connectivity index (χ1) is 15.1. The average Bonchev–Trinajstić information content (AvgIpc) is 2.78. The van der Waals surface area contributed by atoms with E-state index >= 15 is 0 Å². The summed E-state index contributed by atoms with van der Waals surface area (Å²) in [5.41, 5.74) is 5.05. The zero-order valence-electron chi connectivity index (χ0n) is 17.5. The molecule has 0 amide bonds. The number of aromatic nitrogens is 3. The van der Waals surface area contributed by atoms with Gasteiger partial charge in [-0.15, -0.1) is 0 Å². The molecule has 1 fully saturated rings. The molecular weight excluding hydrogens is 388 g/mol. The Balaban J connectivity index is 1.52. The van der Waals surface area contributed by atoms with E-state index in [0.717, 1.165) is 47.1 Å². The van der Waals surface area contributed by atoms with E-state index in [1.165, 1.54) is 0 Å². The standard InChI is InChI=1S/C25H24N4O2/c1-4-17-11-12-22(28-21(17)5-2)29-15-20(16-29)24-23(26-13-14-27-24)18-7-9-19(10-8-18)25(30)31-6-3/h4-5,7-14,20H,1-2,6,15-16H2,3H3. The van der Waals surface area contributed by atoms with Crippen LogP contribution in [0.5, 0.6) is 0 Å². The molecule has 0 aliphatic carbocycles. The maximum Gasteiger partial charge on any atom is 0.338 e. The minimum absolute atomic E-state index is 0.251. The molecule has 1 aliphatic rings. The second kappa shape index (κ2) is 8.92. The molecule has 0 atom stereocenters. The summed E-state index contributed by atoms with van der Waals surface area (Å²) in [6.45, 7) is 11.4. The minimum Gasteiger partial charge on any atom is -0.462 e. The zero-order valence-corrected chi connectivity index (χ0v) is 17.5. The fraction of sp³-hybridized carbons (Fsp3) is 0.200. The lowest BCUT2D eigenvalue weighted by atomic mass is 9.92. The lowest BCUT2D eigenvalue weighted by molar-refractivity contribution is 0.0526. The van der Waals surface area contributed by atoms with Gasteiger partial charge in [-0.05, 0) is 42.8 Å². The smallest absolute Gasteiger partial charge is 0.338 e. The van der Waals surface area contributed by atoms with Gasteiger partial charge in [0.05, 0.1) is 29.3 Å². The van der Waals surface area contributed by atoms with Crippen LogP contribution >= 0.6 is 0 Å². The second-order valence-corrected chi connectivity index (χ2v) is 7.24. The van der Waals surface area contributed by atoms with E-state index in [-0.39, 0.29) is 11.9 Å². The first kappa shape index (κ1) is 20.5. The topological polar surface area (TPSA) is 68.2 Å². The van der Waals surface area contributed by atoms with Gasteiger partial charge < -0.3 is 9.64 Å². The predicted molar refractivity (Wildman–Crippen MR) is 123 cm³/mol. The Hall–Kier alpha value is -3.80. The molecule has 4 rings (SSSR count). The quantitative estimate of drug-likeness (QED) is 0.528. The van der Waals surface area contributed by atoms with Crippen LogP contribution in [0.15, 0.2) is 61.9 Å². The summed E-state index contributed by atoms with van der Waals surface area (Å²) in [6, 6.07) is 11.3. The molecule has 3 heterocycles. The minimum atomic E-state index is -0.322. The Morgan fingerprint density at radius 2 is 1.84 bits per heavy atom. The van der Waals surface area contributed by atoms with E-state index in [1.54, 1.807) is 43.6 Å². The number of ether oxygens (including phenoxy) is 1. The van der Waals surface area contributed by atoms with Gasteiger partial charge in [-0.3, -0.25) is 9.97 Å². The monoisotopic (exact) mass is 412 g/mol. The first-order valence-electron chi connectivity index (χ1n) is 10.2. The van der Waals surface area contributed by atoms with Gasteiger partial charge in [0.15, 0.2) is 0 Å². The number of pyridine rings is 1. The third kappa shape index (κ3) is 4.10. The molecule has 0 radical (unpaired) electrons. The van der Waals surface area contributed by atoms with Gasteiger partial charge in [0, 0.05) is 37.0 Å². The number of esters is 1. The molecule has 1 aliphatic heterocycles. The molecule has 0 N–H and O–H groups in total. The molecule has 2 aromatic heterocycles. The third-order valence-electron chi connectivity index (χ3n) is 5.34. The number of rotatable bonds is 7. The lowest BCUT2D eigenvalue weighted by Gasteiger charge is -2.40. The van der Waals surface area contributed by atoms with Crippen molar-refractivity contribution in [2.45, 2.75) is 12.8 Å². The van der Waals surface area contributed by atoms with Crippen LogP contribution in [0.3, 0.4) is 0 Å². The summed E-state index contributed by atoms with van der Waals surface area (Å²) in [7, 11) is 0. The van der Waals surface area contributed by atoms with Crippen molar-refractivity contribution in [3.05, 3.63) is 84.5 Å². The summed E-state index contributed by atoms with van der Waals surface area (Å²) in [4.78, 5) is 28.0. The van der Waals surface area contributed by atoms with Gasteiger partial charge in [0.2, 0.25) is 0 Å². The Morgan fingerprint density at radius 1 is 1.10 bits per heavy atom. The molecule has 31 heavy (non-hydrogen) atoms. The molecule has 6 nitrogen and oxygen atoms in total. The number of benzene rings is 1. The molecule has 0 bridgehead atoms. The summed E-state index contributed by atoms with van der Waals surface area (Å²) >= 11 is 0. The molecule has 6 heteroatoms. The highest BCUT2D eigenvalue weighted by atomic mass is 16.5. The van der Waals surface area contributed by atoms with E-state index < -0.39 is 0 Å². The van der Waals surface area contributed by atoms with Crippen molar-refractivity contribution < 1.29 is 9.53 Å². The van der Waals surface area contributed by atoms with Crippen molar-refractivity contribution in [3.8, 4) is 11.3 Å². The molecule has 1 aromatic carbocycles. The molecule has 156 valence electrons. The maximum absolute atomic E-state index is 11.9. The fourth-order valence-corrected chi connectivity index (χ4v) is 3.67. The third-order valence-corrected chi connectivity index (χ3v) is 5.34. The Labute approximate surface area is 182 Å². The van der Waals surface area contributed by atoms with Crippen molar-refractivity contribution in [1.29, 1.82) is 0 Å². The van der Waals surface area contributed by atoms with E-state index in [2.05, 4.69) is 28.0 Å². The summed E-state index contributed by atoms with van der Waals surface area (Å²) in [5.74, 6) is 0.847. The number of nitrogens with zero attached hydrogens (tertiary/aromatic N) is 4. The van der Waals surface area contributed by atoms with Crippen molar-refractivity contribution in [2.75, 3.05) is 24.6 Å². The largest absolute Gasteiger partial charge is 0.462 e. The SMILES string of the molecule is C=Cc1ccc(N2CC(c3nccnc3-c3ccc(C(=O)OCC)cc3)C2)nc1C=C. The van der Waals surface area contributed by atoms with Crippen LogP contribution in [0.1, 0.15) is 40.2 Å². The highest BCUT2D eigenvalue weighted by molar-refractivity contribution is 5.90. The van der Waals surface area contributed by atoms with E-state index in [4.69, 9.17) is 9.72 Å². The maximum atomic E-state index is 11.9. The average molecular weight is 412 g/mol. The van der Waals surface area contributed by atoms with Gasteiger partial charge >= 0.3 is 5.97 Å². The highest BCUT2D eigenvalue weighted by Gasteiger charge is 2.32. The molecule has 0 unspecified atom stereocenters. The second-order valence-electron chi connectivity index (χ2n) is 7.24. The number of hydrogen-bond donors (Lipinski definition) is 0. The first-order valence-corrected chi connectivity index (χ1v) is 10.2. The summed E-state index contributed by atoms with van der Waals surface area (Å²) in [5, 5.41) is 0. The lowest BCUT2D eigenvalue weighted by Crippen LogP contribution is -2.46. The van der Waals surface area contributed by atoms with E-state index in [1.807, 2.05) is 24.3 Å². The van der Waals surface area contributed by atoms with Gasteiger partial charge in [0.25, 0.3) is 0 Å². The van der Waals surface area contributed by atoms with Crippen molar-refractivity contribution in [1.82, 2.24) is 15.0 Å². The van der Waals surface area contributed by atoms with Crippen molar-refractivity contribution in [2.24, 2.45) is 0 Å². The van der Waals surface area contributed by atoms with Crippen LogP contribution < -0.4 is 4.90 Å². The fourth-order valence-electron chi connectivity index (χ4n) is 3.67. The van der Waals surface area contributed by atoms with Crippen LogP contribution in [-0.2, 0) is 4.74 Å². The number of hydrogen-bond acceptors (Lipinski definition) is 6. The van der Waals surface area contributed by atoms with Crippen LogP contribution in [0.2, 0.25) is 0 Å².